The molecule has 5 heteroatoms. The Bertz CT molecular complexity index is 979. The lowest BCUT2D eigenvalue weighted by Crippen LogP contribution is -2.15. The quantitative estimate of drug-likeness (QED) is 0.267. The van der Waals surface area contributed by atoms with Gasteiger partial charge >= 0.3 is 5.97 Å². The average molecular weight is 529 g/mol. The standard InChI is InChI=1S/C16H22O2.C13H18O.C3H5ClO/c1-4-15(17)18-11-16(3)10-14(16)12(2)13-8-6-5-7-9-13;1-10(11-6-4-3-5-7-11)12-8-13(12,2)9-14;1-2-3(4)5/h5-9,12,14H,4,10-11H2,1-3H3;3-7,10,12,14H,8-9H2,1-2H3;2H2,1H3/t12-,14+,16+;10-,12+,13+;/m11./s1. The second kappa shape index (κ2) is 14.1. The molecule has 2 aromatic carbocycles. The summed E-state index contributed by atoms with van der Waals surface area (Å²) in [5.74, 6) is 2.32. The van der Waals surface area contributed by atoms with Crippen molar-refractivity contribution in [3.05, 3.63) is 71.8 Å². The largest absolute Gasteiger partial charge is 0.465 e. The van der Waals surface area contributed by atoms with Crippen molar-refractivity contribution >= 4 is 22.8 Å². The van der Waals surface area contributed by atoms with Crippen molar-refractivity contribution in [3.63, 3.8) is 0 Å². The van der Waals surface area contributed by atoms with E-state index < -0.39 is 0 Å². The Morgan fingerprint density at radius 3 is 1.62 bits per heavy atom. The number of benzene rings is 2. The predicted molar refractivity (Wildman–Crippen MR) is 152 cm³/mol. The van der Waals surface area contributed by atoms with Crippen LogP contribution in [0.4, 0.5) is 0 Å². The molecule has 204 valence electrons. The second-order valence-electron chi connectivity index (χ2n) is 11.2. The lowest BCUT2D eigenvalue weighted by Gasteiger charge is -2.17. The van der Waals surface area contributed by atoms with E-state index in [2.05, 4.69) is 76.2 Å². The molecule has 0 bridgehead atoms. The highest BCUT2D eigenvalue weighted by molar-refractivity contribution is 6.63. The first-order valence-electron chi connectivity index (χ1n) is 13.6. The van der Waals surface area contributed by atoms with Crippen LogP contribution in [0, 0.1) is 22.7 Å². The van der Waals surface area contributed by atoms with Gasteiger partial charge in [-0.05, 0) is 64.7 Å². The summed E-state index contributed by atoms with van der Waals surface area (Å²) in [5.41, 5.74) is 3.15. The summed E-state index contributed by atoms with van der Waals surface area (Å²) in [7, 11) is 0. The van der Waals surface area contributed by atoms with E-state index in [9.17, 15) is 14.7 Å². The van der Waals surface area contributed by atoms with Crippen molar-refractivity contribution in [1.29, 1.82) is 0 Å². The monoisotopic (exact) mass is 528 g/mol. The van der Waals surface area contributed by atoms with Crippen LogP contribution in [0.3, 0.4) is 0 Å². The van der Waals surface area contributed by atoms with Crippen LogP contribution >= 0.6 is 11.6 Å². The molecule has 0 amide bonds. The Balaban J connectivity index is 0.000000225. The Kier molecular flexibility index (Phi) is 11.8. The van der Waals surface area contributed by atoms with E-state index in [1.165, 1.54) is 17.5 Å². The van der Waals surface area contributed by atoms with Gasteiger partial charge in [-0.3, -0.25) is 9.59 Å². The number of aliphatic hydroxyl groups is 1. The molecule has 37 heavy (non-hydrogen) atoms. The molecule has 1 N–H and O–H groups in total. The Morgan fingerprint density at radius 2 is 1.27 bits per heavy atom. The molecule has 6 atom stereocenters. The fraction of sp³-hybridized carbons (Fsp3) is 0.562. The molecule has 0 heterocycles. The molecule has 4 nitrogen and oxygen atoms in total. The fourth-order valence-electron chi connectivity index (χ4n) is 5.12. The van der Waals surface area contributed by atoms with Crippen LogP contribution in [0.1, 0.15) is 90.2 Å². The van der Waals surface area contributed by atoms with Crippen molar-refractivity contribution in [2.75, 3.05) is 13.2 Å². The van der Waals surface area contributed by atoms with Gasteiger partial charge in [0.25, 0.3) is 0 Å². The van der Waals surface area contributed by atoms with Crippen LogP contribution in [-0.4, -0.2) is 29.5 Å². The number of halogens is 1. The zero-order valence-electron chi connectivity index (χ0n) is 23.4. The van der Waals surface area contributed by atoms with Crippen LogP contribution in [0.25, 0.3) is 0 Å². The van der Waals surface area contributed by atoms with Gasteiger partial charge in [0, 0.05) is 24.9 Å². The first-order chi connectivity index (χ1) is 17.5. The molecule has 2 aliphatic rings. The number of hydrogen-bond acceptors (Lipinski definition) is 4. The minimum absolute atomic E-state index is 0.0887. The summed E-state index contributed by atoms with van der Waals surface area (Å²) >= 11 is 4.82. The second-order valence-corrected chi connectivity index (χ2v) is 11.6. The molecular formula is C32H45ClO4. The van der Waals surface area contributed by atoms with E-state index in [0.29, 0.717) is 49.7 Å². The molecule has 4 rings (SSSR count). The van der Waals surface area contributed by atoms with Gasteiger partial charge in [0.05, 0.1) is 6.61 Å². The van der Waals surface area contributed by atoms with E-state index in [1.54, 1.807) is 6.92 Å². The van der Waals surface area contributed by atoms with Crippen LogP contribution < -0.4 is 0 Å². The first-order valence-corrected chi connectivity index (χ1v) is 13.9. The molecular weight excluding hydrogens is 484 g/mol. The summed E-state index contributed by atoms with van der Waals surface area (Å²) in [5, 5.41) is 8.96. The zero-order chi connectivity index (χ0) is 27.6. The van der Waals surface area contributed by atoms with Crippen molar-refractivity contribution in [2.45, 2.75) is 79.1 Å². The van der Waals surface area contributed by atoms with Gasteiger partial charge in [-0.25, -0.2) is 0 Å². The maximum Gasteiger partial charge on any atom is 0.305 e. The molecule has 0 unspecified atom stereocenters. The van der Waals surface area contributed by atoms with Gasteiger partial charge < -0.3 is 9.84 Å². The lowest BCUT2D eigenvalue weighted by atomic mass is 9.91. The SMILES string of the molecule is CCC(=O)Cl.CCC(=O)OC[C@]1(C)C[C@H]1[C@H](C)c1ccccc1.C[C@H](c1ccccc1)[C@@H]1C[C@@]1(C)CO. The molecule has 0 spiro atoms. The Labute approximate surface area is 228 Å². The third-order valence-electron chi connectivity index (χ3n) is 8.19. The van der Waals surface area contributed by atoms with Crippen LogP contribution in [0.15, 0.2) is 60.7 Å². The van der Waals surface area contributed by atoms with Gasteiger partial charge in [-0.1, -0.05) is 102 Å². The number of hydrogen-bond donors (Lipinski definition) is 1. The van der Waals surface area contributed by atoms with E-state index in [0.717, 1.165) is 6.42 Å². The Hall–Kier alpha value is -2.17. The van der Waals surface area contributed by atoms with Crippen LogP contribution in [0.5, 0.6) is 0 Å². The minimum Gasteiger partial charge on any atom is -0.465 e. The molecule has 2 aliphatic carbocycles. The van der Waals surface area contributed by atoms with Crippen molar-refractivity contribution in [1.82, 2.24) is 0 Å². The molecule has 2 aromatic rings. The van der Waals surface area contributed by atoms with Crippen LogP contribution in [-0.2, 0) is 14.3 Å². The van der Waals surface area contributed by atoms with Crippen molar-refractivity contribution in [2.24, 2.45) is 22.7 Å². The third-order valence-corrected chi connectivity index (χ3v) is 8.46. The van der Waals surface area contributed by atoms with Crippen molar-refractivity contribution in [3.8, 4) is 0 Å². The third kappa shape index (κ3) is 9.26. The predicted octanol–water partition coefficient (Wildman–Crippen LogP) is 7.74. The van der Waals surface area contributed by atoms with E-state index in [4.69, 9.17) is 16.3 Å². The Morgan fingerprint density at radius 1 is 0.865 bits per heavy atom. The van der Waals surface area contributed by atoms with Crippen molar-refractivity contribution < 1.29 is 19.4 Å². The lowest BCUT2D eigenvalue weighted by molar-refractivity contribution is -0.145. The topological polar surface area (TPSA) is 63.6 Å². The highest BCUT2D eigenvalue weighted by atomic mass is 35.5. The number of ether oxygens (including phenoxy) is 1. The summed E-state index contributed by atoms with van der Waals surface area (Å²) in [6.45, 7) is 13.4. The number of carbonyl (C=O) groups excluding carboxylic acids is 2. The highest BCUT2D eigenvalue weighted by Crippen LogP contribution is 2.59. The molecule has 0 aliphatic heterocycles. The molecule has 2 saturated carbocycles. The van der Waals surface area contributed by atoms with E-state index in [1.807, 2.05) is 19.1 Å². The fourth-order valence-corrected chi connectivity index (χ4v) is 5.12. The van der Waals surface area contributed by atoms with E-state index >= 15 is 0 Å². The maximum atomic E-state index is 11.2. The zero-order valence-corrected chi connectivity index (χ0v) is 24.1. The maximum absolute atomic E-state index is 11.2. The summed E-state index contributed by atoms with van der Waals surface area (Å²) in [6, 6.07) is 21.2. The van der Waals surface area contributed by atoms with E-state index in [-0.39, 0.29) is 22.0 Å². The number of aliphatic hydroxyl groups excluding tert-OH is 1. The van der Waals surface area contributed by atoms with Crippen LogP contribution in [0.2, 0.25) is 0 Å². The van der Waals surface area contributed by atoms with Gasteiger partial charge in [-0.2, -0.15) is 0 Å². The highest BCUT2D eigenvalue weighted by Gasteiger charge is 2.53. The smallest absolute Gasteiger partial charge is 0.305 e. The molecule has 0 aromatic heterocycles. The number of carbonyl (C=O) groups is 2. The van der Waals surface area contributed by atoms with Gasteiger partial charge in [0.2, 0.25) is 5.24 Å². The van der Waals surface area contributed by atoms with Gasteiger partial charge in [0.1, 0.15) is 0 Å². The van der Waals surface area contributed by atoms with Gasteiger partial charge in [-0.15, -0.1) is 0 Å². The number of esters is 1. The minimum atomic E-state index is -0.273. The normalized spacial score (nSPS) is 26.8. The molecule has 2 fully saturated rings. The summed E-state index contributed by atoms with van der Waals surface area (Å²) in [4.78, 5) is 20.8. The van der Waals surface area contributed by atoms with Gasteiger partial charge in [0.15, 0.2) is 0 Å². The summed E-state index contributed by atoms with van der Waals surface area (Å²) < 4.78 is 5.30. The molecule has 0 saturated heterocycles. The average Bonchev–Trinajstić information content (AvgIpc) is 3.82. The summed E-state index contributed by atoms with van der Waals surface area (Å²) in [6.07, 6.45) is 3.22. The molecule has 0 radical (unpaired) electrons. The number of rotatable bonds is 9. The first kappa shape index (κ1) is 31.1.